The number of rotatable bonds is 1. The highest BCUT2D eigenvalue weighted by atomic mass is 32.2. The number of likely N-dealkylation sites (tertiary alicyclic amines) is 1. The molecule has 3 nitrogen and oxygen atoms in total. The number of hydrogen-bond donors (Lipinski definition) is 1. The Balaban J connectivity index is 1.98. The van der Waals surface area contributed by atoms with Crippen LogP contribution >= 0.6 is 11.8 Å². The summed E-state index contributed by atoms with van der Waals surface area (Å²) in [4.78, 5) is 14.3. The Bertz CT molecular complexity index is 241. The van der Waals surface area contributed by atoms with E-state index >= 15 is 0 Å². The number of nitrogens with zero attached hydrogens (tertiary/aromatic N) is 1. The van der Waals surface area contributed by atoms with Crippen molar-refractivity contribution in [2.75, 3.05) is 18.2 Å². The second-order valence-corrected chi connectivity index (χ2v) is 5.69. The molecule has 15 heavy (non-hydrogen) atoms. The maximum absolute atomic E-state index is 12.2. The van der Waals surface area contributed by atoms with Crippen LogP contribution in [0.4, 0.5) is 0 Å². The second-order valence-electron chi connectivity index (χ2n) is 4.66. The molecule has 0 saturated carbocycles. The lowest BCUT2D eigenvalue weighted by Gasteiger charge is -2.39. The monoisotopic (exact) mass is 228 g/mol. The summed E-state index contributed by atoms with van der Waals surface area (Å²) < 4.78 is 0. The molecule has 86 valence electrons. The number of hydrogen-bond acceptors (Lipinski definition) is 3. The first-order valence-electron chi connectivity index (χ1n) is 5.81. The largest absolute Gasteiger partial charge is 0.338 e. The molecular formula is C11H20N2OS. The van der Waals surface area contributed by atoms with E-state index in [9.17, 15) is 4.79 Å². The van der Waals surface area contributed by atoms with Gasteiger partial charge >= 0.3 is 0 Å². The predicted octanol–water partition coefficient (Wildman–Crippen LogP) is 1.30. The van der Waals surface area contributed by atoms with E-state index in [1.165, 1.54) is 6.42 Å². The molecule has 0 radical (unpaired) electrons. The summed E-state index contributed by atoms with van der Waals surface area (Å²) in [7, 11) is 0. The van der Waals surface area contributed by atoms with Crippen LogP contribution in [0.25, 0.3) is 0 Å². The topological polar surface area (TPSA) is 32.3 Å². The number of piperidine rings is 1. The molecule has 0 aliphatic carbocycles. The van der Waals surface area contributed by atoms with Crippen LogP contribution in [0.5, 0.6) is 0 Å². The Kier molecular flexibility index (Phi) is 3.57. The Hall–Kier alpha value is -0.220. The van der Waals surface area contributed by atoms with E-state index in [4.69, 9.17) is 0 Å². The third kappa shape index (κ3) is 2.31. The summed E-state index contributed by atoms with van der Waals surface area (Å²) in [5, 5.41) is 3.26. The highest BCUT2D eigenvalue weighted by molar-refractivity contribution is 7.99. The minimum absolute atomic E-state index is 0.0720. The Morgan fingerprint density at radius 3 is 2.93 bits per heavy atom. The molecule has 4 heteroatoms. The first-order chi connectivity index (χ1) is 7.20. The van der Waals surface area contributed by atoms with Gasteiger partial charge in [-0.2, -0.15) is 0 Å². The fraction of sp³-hybridized carbons (Fsp3) is 0.909. The molecule has 2 aliphatic heterocycles. The molecule has 1 N–H and O–H groups in total. The highest BCUT2D eigenvalue weighted by Crippen LogP contribution is 2.24. The molecule has 1 amide bonds. The second kappa shape index (κ2) is 4.74. The molecule has 0 aromatic rings. The number of nitrogens with one attached hydrogen (secondary N) is 1. The first-order valence-corrected chi connectivity index (χ1v) is 6.97. The molecule has 3 atom stereocenters. The minimum atomic E-state index is 0.0720. The molecule has 0 spiro atoms. The number of thioether (sulfide) groups is 1. The normalized spacial score (nSPS) is 36.9. The van der Waals surface area contributed by atoms with Gasteiger partial charge in [0.25, 0.3) is 0 Å². The van der Waals surface area contributed by atoms with E-state index in [-0.39, 0.29) is 6.04 Å². The molecular weight excluding hydrogens is 208 g/mol. The quantitative estimate of drug-likeness (QED) is 0.734. The summed E-state index contributed by atoms with van der Waals surface area (Å²) in [6.07, 6.45) is 2.43. The third-order valence-electron chi connectivity index (χ3n) is 3.67. The number of carbonyl (C=O) groups excluding carboxylic acids is 1. The van der Waals surface area contributed by atoms with Crippen molar-refractivity contribution in [2.45, 2.75) is 38.8 Å². The van der Waals surface area contributed by atoms with Crippen molar-refractivity contribution in [3.05, 3.63) is 0 Å². The average molecular weight is 228 g/mol. The predicted molar refractivity (Wildman–Crippen MR) is 63.8 cm³/mol. The van der Waals surface area contributed by atoms with Crippen molar-refractivity contribution in [2.24, 2.45) is 5.92 Å². The van der Waals surface area contributed by atoms with E-state index in [1.807, 2.05) is 11.8 Å². The summed E-state index contributed by atoms with van der Waals surface area (Å²) in [5.74, 6) is 2.83. The Labute approximate surface area is 96.0 Å². The van der Waals surface area contributed by atoms with E-state index in [0.717, 1.165) is 24.6 Å². The molecule has 0 aromatic heterocycles. The standard InChI is InChI=1S/C11H20N2OS/c1-8-4-3-5-13(9(8)2)11(14)10-6-15-7-12-10/h8-10,12H,3-7H2,1-2H3. The maximum Gasteiger partial charge on any atom is 0.240 e. The smallest absolute Gasteiger partial charge is 0.240 e. The number of amides is 1. The summed E-state index contributed by atoms with van der Waals surface area (Å²) >= 11 is 1.82. The van der Waals surface area contributed by atoms with Crippen molar-refractivity contribution in [3.8, 4) is 0 Å². The third-order valence-corrected chi connectivity index (χ3v) is 4.61. The van der Waals surface area contributed by atoms with E-state index in [1.54, 1.807) is 0 Å². The molecule has 0 bridgehead atoms. The highest BCUT2D eigenvalue weighted by Gasteiger charge is 2.33. The van der Waals surface area contributed by atoms with Gasteiger partial charge < -0.3 is 4.90 Å². The summed E-state index contributed by atoms with van der Waals surface area (Å²) in [6.45, 7) is 5.39. The first kappa shape index (κ1) is 11.3. The minimum Gasteiger partial charge on any atom is -0.338 e. The zero-order valence-electron chi connectivity index (χ0n) is 9.53. The van der Waals surface area contributed by atoms with Gasteiger partial charge in [0.1, 0.15) is 0 Å². The van der Waals surface area contributed by atoms with Gasteiger partial charge in [-0.05, 0) is 25.7 Å². The van der Waals surface area contributed by atoms with Crippen LogP contribution in [0.2, 0.25) is 0 Å². The van der Waals surface area contributed by atoms with Crippen LogP contribution < -0.4 is 5.32 Å². The molecule has 3 unspecified atom stereocenters. The lowest BCUT2D eigenvalue weighted by atomic mass is 9.91. The van der Waals surface area contributed by atoms with Gasteiger partial charge in [0.05, 0.1) is 6.04 Å². The van der Waals surface area contributed by atoms with Crippen LogP contribution in [0.3, 0.4) is 0 Å². The van der Waals surface area contributed by atoms with Crippen molar-refractivity contribution in [1.82, 2.24) is 10.2 Å². The maximum atomic E-state index is 12.2. The molecule has 0 aromatic carbocycles. The van der Waals surface area contributed by atoms with Gasteiger partial charge in [-0.1, -0.05) is 6.92 Å². The summed E-state index contributed by atoms with van der Waals surface area (Å²) in [6, 6.07) is 0.487. The average Bonchev–Trinajstić information content (AvgIpc) is 2.74. The van der Waals surface area contributed by atoms with Crippen LogP contribution in [-0.2, 0) is 4.79 Å². The summed E-state index contributed by atoms with van der Waals surface area (Å²) in [5.41, 5.74) is 0. The van der Waals surface area contributed by atoms with E-state index < -0.39 is 0 Å². The van der Waals surface area contributed by atoms with Gasteiger partial charge in [-0.15, -0.1) is 11.8 Å². The van der Waals surface area contributed by atoms with Crippen molar-refractivity contribution < 1.29 is 4.79 Å². The lowest BCUT2D eigenvalue weighted by Crippen LogP contribution is -2.52. The van der Waals surface area contributed by atoms with Crippen LogP contribution in [-0.4, -0.2) is 41.1 Å². The van der Waals surface area contributed by atoms with Crippen molar-refractivity contribution in [3.63, 3.8) is 0 Å². The Morgan fingerprint density at radius 1 is 1.47 bits per heavy atom. The fourth-order valence-corrected chi connectivity index (χ4v) is 3.33. The lowest BCUT2D eigenvalue weighted by molar-refractivity contribution is -0.137. The fourth-order valence-electron chi connectivity index (χ4n) is 2.40. The molecule has 2 saturated heterocycles. The van der Waals surface area contributed by atoms with Crippen molar-refractivity contribution >= 4 is 17.7 Å². The SMILES string of the molecule is CC1CCCN(C(=O)C2CSCN2)C1C. The van der Waals surface area contributed by atoms with Gasteiger partial charge in [0.15, 0.2) is 0 Å². The van der Waals surface area contributed by atoms with Gasteiger partial charge in [-0.25, -0.2) is 0 Å². The van der Waals surface area contributed by atoms with E-state index in [2.05, 4.69) is 24.1 Å². The Morgan fingerprint density at radius 2 is 2.27 bits per heavy atom. The zero-order chi connectivity index (χ0) is 10.8. The van der Waals surface area contributed by atoms with Crippen LogP contribution in [0.15, 0.2) is 0 Å². The number of carbonyl (C=O) groups is 1. The van der Waals surface area contributed by atoms with Gasteiger partial charge in [0.2, 0.25) is 5.91 Å². The van der Waals surface area contributed by atoms with Gasteiger partial charge in [-0.3, -0.25) is 10.1 Å². The molecule has 2 aliphatic rings. The van der Waals surface area contributed by atoms with E-state index in [0.29, 0.717) is 17.9 Å². The van der Waals surface area contributed by atoms with Crippen molar-refractivity contribution in [1.29, 1.82) is 0 Å². The van der Waals surface area contributed by atoms with Crippen LogP contribution in [0.1, 0.15) is 26.7 Å². The molecule has 2 heterocycles. The van der Waals surface area contributed by atoms with Crippen LogP contribution in [0, 0.1) is 5.92 Å². The molecule has 2 rings (SSSR count). The van der Waals surface area contributed by atoms with Gasteiger partial charge in [0, 0.05) is 24.2 Å². The molecule has 2 fully saturated rings. The zero-order valence-corrected chi connectivity index (χ0v) is 10.3.